The van der Waals surface area contributed by atoms with Crippen LogP contribution >= 0.6 is 0 Å². The number of hydrogen-bond acceptors (Lipinski definition) is 5. The van der Waals surface area contributed by atoms with Crippen LogP contribution < -0.4 is 4.74 Å². The largest absolute Gasteiger partial charge is 0.468 e. The van der Waals surface area contributed by atoms with E-state index in [4.69, 9.17) is 10.3 Å². The molecule has 0 bridgehead atoms. The van der Waals surface area contributed by atoms with E-state index in [2.05, 4.69) is 30.2 Å². The Bertz CT molecular complexity index is 512. The van der Waals surface area contributed by atoms with Crippen LogP contribution in [0, 0.1) is 0 Å². The maximum absolute atomic E-state index is 8.26. The Kier molecular flexibility index (Phi) is 1.88. The summed E-state index contributed by atoms with van der Waals surface area (Å²) in [6, 6.07) is 0.323. The fourth-order valence-electron chi connectivity index (χ4n) is 1.02. The number of fused-ring (bicyclic) bond motifs is 1. The van der Waals surface area contributed by atoms with Crippen LogP contribution in [0.25, 0.3) is 21.5 Å². The molecule has 2 rings (SSSR count). The average Bonchev–Trinajstić information content (AvgIpc) is 2.62. The molecule has 2 aromatic heterocycles. The molecule has 14 heavy (non-hydrogen) atoms. The van der Waals surface area contributed by atoms with E-state index in [1.54, 1.807) is 0 Å². The summed E-state index contributed by atoms with van der Waals surface area (Å²) < 4.78 is 4.88. The first-order valence-electron chi connectivity index (χ1n) is 3.65. The maximum Gasteiger partial charge on any atom is 0.294 e. The van der Waals surface area contributed by atoms with Gasteiger partial charge in [-0.05, 0) is 10.6 Å². The SMILES string of the molecule is COc1nc2c(N=[N+]=[N-])nncc2[nH]1. The van der Waals surface area contributed by atoms with Crippen molar-refractivity contribution >= 4 is 16.9 Å². The van der Waals surface area contributed by atoms with Crippen molar-refractivity contribution in [2.45, 2.75) is 0 Å². The molecule has 0 amide bonds. The van der Waals surface area contributed by atoms with Crippen LogP contribution in [0.15, 0.2) is 11.3 Å². The van der Waals surface area contributed by atoms with E-state index in [0.717, 1.165) is 0 Å². The number of methoxy groups -OCH3 is 1. The number of azide groups is 1. The fourth-order valence-corrected chi connectivity index (χ4v) is 1.02. The minimum atomic E-state index is 0.129. The van der Waals surface area contributed by atoms with Crippen LogP contribution in [0.4, 0.5) is 5.82 Å². The monoisotopic (exact) mass is 191 g/mol. The summed E-state index contributed by atoms with van der Waals surface area (Å²) in [6.07, 6.45) is 1.47. The van der Waals surface area contributed by atoms with Crippen LogP contribution in [0.3, 0.4) is 0 Å². The minimum Gasteiger partial charge on any atom is -0.468 e. The van der Waals surface area contributed by atoms with Crippen LogP contribution in [0.1, 0.15) is 0 Å². The first-order valence-corrected chi connectivity index (χ1v) is 3.65. The third-order valence-electron chi connectivity index (χ3n) is 1.59. The zero-order valence-corrected chi connectivity index (χ0v) is 7.17. The van der Waals surface area contributed by atoms with Crippen LogP contribution in [0.5, 0.6) is 6.01 Å². The molecule has 0 saturated carbocycles. The maximum atomic E-state index is 8.26. The van der Waals surface area contributed by atoms with Crippen molar-refractivity contribution in [3.8, 4) is 6.01 Å². The van der Waals surface area contributed by atoms with Crippen LogP contribution in [0.2, 0.25) is 0 Å². The van der Waals surface area contributed by atoms with E-state index < -0.39 is 0 Å². The van der Waals surface area contributed by atoms with Gasteiger partial charge in [0, 0.05) is 4.91 Å². The molecule has 0 fully saturated rings. The van der Waals surface area contributed by atoms with Gasteiger partial charge in [0.25, 0.3) is 6.01 Å². The minimum absolute atomic E-state index is 0.129. The van der Waals surface area contributed by atoms with E-state index >= 15 is 0 Å². The summed E-state index contributed by atoms with van der Waals surface area (Å²) in [6.45, 7) is 0. The topological polar surface area (TPSA) is 112 Å². The van der Waals surface area contributed by atoms with Gasteiger partial charge in [-0.15, -0.1) is 5.10 Å². The summed E-state index contributed by atoms with van der Waals surface area (Å²) in [4.78, 5) is 9.45. The van der Waals surface area contributed by atoms with Crippen molar-refractivity contribution in [2.24, 2.45) is 5.11 Å². The molecule has 1 N–H and O–H groups in total. The number of nitrogens with zero attached hydrogens (tertiary/aromatic N) is 6. The standard InChI is InChI=1S/C6H5N7O/c1-14-6-9-3-2-8-11-5(12-13-7)4(3)10-6/h2H,1H3,(H,9,10). The third-order valence-corrected chi connectivity index (χ3v) is 1.59. The van der Waals surface area contributed by atoms with Gasteiger partial charge in [-0.2, -0.15) is 10.1 Å². The second kappa shape index (κ2) is 3.19. The van der Waals surface area contributed by atoms with Crippen molar-refractivity contribution in [1.29, 1.82) is 0 Å². The average molecular weight is 191 g/mol. The Morgan fingerprint density at radius 1 is 1.64 bits per heavy atom. The molecule has 8 heteroatoms. The third kappa shape index (κ3) is 1.19. The lowest BCUT2D eigenvalue weighted by Gasteiger charge is -1.88. The van der Waals surface area contributed by atoms with Gasteiger partial charge in [-0.1, -0.05) is 0 Å². The Morgan fingerprint density at radius 2 is 2.50 bits per heavy atom. The van der Waals surface area contributed by atoms with Crippen molar-refractivity contribution in [2.75, 3.05) is 7.11 Å². The molecule has 0 aliphatic carbocycles. The lowest BCUT2D eigenvalue weighted by molar-refractivity contribution is 0.386. The number of aromatic amines is 1. The number of hydrogen-bond donors (Lipinski definition) is 1. The summed E-state index contributed by atoms with van der Waals surface area (Å²) in [7, 11) is 1.48. The molecule has 2 heterocycles. The van der Waals surface area contributed by atoms with E-state index in [1.807, 2.05) is 0 Å². The van der Waals surface area contributed by atoms with Crippen molar-refractivity contribution in [1.82, 2.24) is 20.2 Å². The normalized spacial score (nSPS) is 9.79. The van der Waals surface area contributed by atoms with Gasteiger partial charge >= 0.3 is 0 Å². The molecular formula is C6H5N7O. The number of H-pyrrole nitrogens is 1. The molecule has 0 aliphatic heterocycles. The van der Waals surface area contributed by atoms with E-state index in [9.17, 15) is 0 Å². The fraction of sp³-hybridized carbons (Fsp3) is 0.167. The molecule has 70 valence electrons. The number of aromatic nitrogens is 4. The predicted octanol–water partition coefficient (Wildman–Crippen LogP) is 1.30. The van der Waals surface area contributed by atoms with Gasteiger partial charge in [-0.25, -0.2) is 0 Å². The summed E-state index contributed by atoms with van der Waals surface area (Å²) >= 11 is 0. The van der Waals surface area contributed by atoms with E-state index in [0.29, 0.717) is 17.0 Å². The summed E-state index contributed by atoms with van der Waals surface area (Å²) in [5.41, 5.74) is 9.31. The summed E-state index contributed by atoms with van der Waals surface area (Å²) in [5, 5.41) is 10.6. The molecule has 0 atom stereocenters. The highest BCUT2D eigenvalue weighted by molar-refractivity contribution is 5.83. The van der Waals surface area contributed by atoms with Crippen LogP contribution in [-0.4, -0.2) is 27.3 Å². The Hall–Kier alpha value is -2.34. The van der Waals surface area contributed by atoms with Gasteiger partial charge in [0.15, 0.2) is 5.82 Å². The number of rotatable bonds is 2. The highest BCUT2D eigenvalue weighted by Crippen LogP contribution is 2.22. The lowest BCUT2D eigenvalue weighted by Crippen LogP contribution is -1.82. The summed E-state index contributed by atoms with van der Waals surface area (Å²) in [5.74, 6) is 0.129. The first kappa shape index (κ1) is 8.27. The smallest absolute Gasteiger partial charge is 0.294 e. The molecular weight excluding hydrogens is 186 g/mol. The van der Waals surface area contributed by atoms with Gasteiger partial charge in [0.05, 0.1) is 18.8 Å². The molecule has 0 saturated heterocycles. The molecule has 0 unspecified atom stereocenters. The Balaban J connectivity index is 2.72. The molecule has 0 aromatic carbocycles. The zero-order chi connectivity index (χ0) is 9.97. The number of nitrogens with one attached hydrogen (secondary N) is 1. The van der Waals surface area contributed by atoms with Gasteiger partial charge in [0.1, 0.15) is 5.52 Å². The van der Waals surface area contributed by atoms with E-state index in [1.165, 1.54) is 13.3 Å². The quantitative estimate of drug-likeness (QED) is 0.437. The van der Waals surface area contributed by atoms with Gasteiger partial charge in [-0.3, -0.25) is 0 Å². The second-order valence-electron chi connectivity index (χ2n) is 2.37. The van der Waals surface area contributed by atoms with E-state index in [-0.39, 0.29) is 5.82 Å². The van der Waals surface area contributed by atoms with Gasteiger partial charge < -0.3 is 9.72 Å². The molecule has 8 nitrogen and oxygen atoms in total. The highest BCUT2D eigenvalue weighted by Gasteiger charge is 2.07. The Morgan fingerprint density at radius 3 is 3.21 bits per heavy atom. The first-order chi connectivity index (χ1) is 6.85. The number of ether oxygens (including phenoxy) is 1. The lowest BCUT2D eigenvalue weighted by atomic mass is 10.4. The zero-order valence-electron chi connectivity index (χ0n) is 7.17. The molecule has 2 aromatic rings. The molecule has 0 aliphatic rings. The van der Waals surface area contributed by atoms with Crippen molar-refractivity contribution < 1.29 is 4.74 Å². The number of imidazole rings is 1. The molecule has 0 spiro atoms. The predicted molar refractivity (Wildman–Crippen MR) is 47.0 cm³/mol. The Labute approximate surface area is 77.6 Å². The van der Waals surface area contributed by atoms with Crippen LogP contribution in [-0.2, 0) is 0 Å². The van der Waals surface area contributed by atoms with Crippen molar-refractivity contribution in [3.05, 3.63) is 16.6 Å². The highest BCUT2D eigenvalue weighted by atomic mass is 16.5. The van der Waals surface area contributed by atoms with Crippen molar-refractivity contribution in [3.63, 3.8) is 0 Å². The molecule has 0 radical (unpaired) electrons. The second-order valence-corrected chi connectivity index (χ2v) is 2.37. The van der Waals surface area contributed by atoms with Gasteiger partial charge in [0.2, 0.25) is 0 Å².